The largest absolute Gasteiger partial charge is 0.356 e. The van der Waals surface area contributed by atoms with Crippen LogP contribution in [0.1, 0.15) is 64.7 Å². The average molecular weight is 224 g/mol. The molecule has 0 rings (SSSR count). The van der Waals surface area contributed by atoms with E-state index in [0.29, 0.717) is 19.4 Å². The molecule has 3 heteroatoms. The van der Waals surface area contributed by atoms with E-state index in [1.54, 1.807) is 0 Å². The molecular formula is C13H24N2O. The molecule has 0 saturated carbocycles. The predicted molar refractivity (Wildman–Crippen MR) is 65.8 cm³/mol. The van der Waals surface area contributed by atoms with E-state index < -0.39 is 0 Å². The second kappa shape index (κ2) is 12.0. The number of carbonyl (C=O) groups is 1. The fourth-order valence-electron chi connectivity index (χ4n) is 1.55. The van der Waals surface area contributed by atoms with Crippen LogP contribution in [0.2, 0.25) is 0 Å². The number of rotatable bonds is 10. The van der Waals surface area contributed by atoms with Gasteiger partial charge in [-0.25, -0.2) is 0 Å². The number of hydrogen-bond donors (Lipinski definition) is 1. The minimum absolute atomic E-state index is 0.133. The maximum atomic E-state index is 11.3. The van der Waals surface area contributed by atoms with Gasteiger partial charge in [0.25, 0.3) is 0 Å². The lowest BCUT2D eigenvalue weighted by molar-refractivity contribution is -0.121. The van der Waals surface area contributed by atoms with Crippen molar-refractivity contribution in [3.63, 3.8) is 0 Å². The topological polar surface area (TPSA) is 52.9 Å². The third-order valence-electron chi connectivity index (χ3n) is 2.54. The standard InChI is InChI=1S/C13H24N2O/c1-2-3-4-5-6-7-10-13(16)15-12-9-8-11-14/h2-10,12H2,1H3,(H,15,16). The molecule has 0 fully saturated rings. The third kappa shape index (κ3) is 11.0. The van der Waals surface area contributed by atoms with Crippen molar-refractivity contribution in [2.75, 3.05) is 6.54 Å². The first-order valence-electron chi connectivity index (χ1n) is 6.45. The van der Waals surface area contributed by atoms with E-state index in [0.717, 1.165) is 19.3 Å². The van der Waals surface area contributed by atoms with E-state index >= 15 is 0 Å². The summed E-state index contributed by atoms with van der Waals surface area (Å²) in [4.78, 5) is 11.3. The predicted octanol–water partition coefficient (Wildman–Crippen LogP) is 3.16. The van der Waals surface area contributed by atoms with Gasteiger partial charge in [0.15, 0.2) is 0 Å². The van der Waals surface area contributed by atoms with Crippen molar-refractivity contribution in [2.24, 2.45) is 0 Å². The summed E-state index contributed by atoms with van der Waals surface area (Å²) in [6.07, 6.45) is 9.18. The number of unbranched alkanes of at least 4 members (excludes halogenated alkanes) is 6. The Bertz CT molecular complexity index is 208. The molecule has 0 aliphatic carbocycles. The van der Waals surface area contributed by atoms with Crippen LogP contribution in [0.15, 0.2) is 0 Å². The first kappa shape index (κ1) is 15.0. The Morgan fingerprint density at radius 1 is 1.12 bits per heavy atom. The molecule has 0 aliphatic heterocycles. The van der Waals surface area contributed by atoms with E-state index in [-0.39, 0.29) is 5.91 Å². The second-order valence-electron chi connectivity index (χ2n) is 4.13. The van der Waals surface area contributed by atoms with Gasteiger partial charge in [-0.1, -0.05) is 39.0 Å². The van der Waals surface area contributed by atoms with Crippen LogP contribution >= 0.6 is 0 Å². The van der Waals surface area contributed by atoms with E-state index in [1.165, 1.54) is 25.7 Å². The Kier molecular flexibility index (Phi) is 11.2. The lowest BCUT2D eigenvalue weighted by Crippen LogP contribution is -2.23. The molecule has 0 unspecified atom stereocenters. The molecule has 0 spiro atoms. The number of nitrogens with zero attached hydrogens (tertiary/aromatic N) is 1. The summed E-state index contributed by atoms with van der Waals surface area (Å²) in [5.74, 6) is 0.133. The van der Waals surface area contributed by atoms with Gasteiger partial charge in [-0.2, -0.15) is 5.26 Å². The first-order valence-corrected chi connectivity index (χ1v) is 6.45. The van der Waals surface area contributed by atoms with Crippen LogP contribution in [0.25, 0.3) is 0 Å². The highest BCUT2D eigenvalue weighted by Gasteiger charge is 1.99. The smallest absolute Gasteiger partial charge is 0.219 e. The Balaban J connectivity index is 3.15. The summed E-state index contributed by atoms with van der Waals surface area (Å²) in [5, 5.41) is 11.1. The minimum Gasteiger partial charge on any atom is -0.356 e. The van der Waals surface area contributed by atoms with Crippen LogP contribution in [-0.4, -0.2) is 12.5 Å². The van der Waals surface area contributed by atoms with E-state index in [9.17, 15) is 4.79 Å². The van der Waals surface area contributed by atoms with Gasteiger partial charge < -0.3 is 5.32 Å². The van der Waals surface area contributed by atoms with Gasteiger partial charge in [0.1, 0.15) is 0 Å². The normalized spacial score (nSPS) is 9.75. The molecule has 0 aliphatic rings. The van der Waals surface area contributed by atoms with E-state index in [4.69, 9.17) is 5.26 Å². The highest BCUT2D eigenvalue weighted by Crippen LogP contribution is 2.06. The number of amides is 1. The van der Waals surface area contributed by atoms with Crippen LogP contribution in [0.4, 0.5) is 0 Å². The van der Waals surface area contributed by atoms with Crippen molar-refractivity contribution in [3.05, 3.63) is 0 Å². The van der Waals surface area contributed by atoms with Crippen LogP contribution < -0.4 is 5.32 Å². The summed E-state index contributed by atoms with van der Waals surface area (Å²) in [6.45, 7) is 2.84. The number of nitriles is 1. The van der Waals surface area contributed by atoms with Gasteiger partial charge in [0.05, 0.1) is 6.07 Å². The minimum atomic E-state index is 0.133. The molecule has 0 aromatic heterocycles. The van der Waals surface area contributed by atoms with Crippen molar-refractivity contribution in [1.82, 2.24) is 5.32 Å². The third-order valence-corrected chi connectivity index (χ3v) is 2.54. The molecule has 0 aromatic rings. The van der Waals surface area contributed by atoms with Crippen LogP contribution in [0, 0.1) is 11.3 Å². The van der Waals surface area contributed by atoms with Gasteiger partial charge in [0.2, 0.25) is 5.91 Å². The molecule has 92 valence electrons. The molecule has 16 heavy (non-hydrogen) atoms. The summed E-state index contributed by atoms with van der Waals surface area (Å²) < 4.78 is 0. The Hall–Kier alpha value is -1.04. The summed E-state index contributed by atoms with van der Waals surface area (Å²) >= 11 is 0. The zero-order valence-corrected chi connectivity index (χ0v) is 10.4. The van der Waals surface area contributed by atoms with Crippen LogP contribution in [-0.2, 0) is 4.79 Å². The highest BCUT2D eigenvalue weighted by atomic mass is 16.1. The molecule has 1 amide bonds. The van der Waals surface area contributed by atoms with Gasteiger partial charge in [-0.3, -0.25) is 4.79 Å². The quantitative estimate of drug-likeness (QED) is 0.579. The summed E-state index contributed by atoms with van der Waals surface area (Å²) in [6, 6.07) is 2.06. The van der Waals surface area contributed by atoms with Crippen molar-refractivity contribution in [2.45, 2.75) is 64.7 Å². The van der Waals surface area contributed by atoms with Gasteiger partial charge >= 0.3 is 0 Å². The van der Waals surface area contributed by atoms with Gasteiger partial charge in [0, 0.05) is 19.4 Å². The lowest BCUT2D eigenvalue weighted by Gasteiger charge is -2.03. The Morgan fingerprint density at radius 3 is 2.50 bits per heavy atom. The zero-order chi connectivity index (χ0) is 12.1. The fourth-order valence-corrected chi connectivity index (χ4v) is 1.55. The van der Waals surface area contributed by atoms with E-state index in [2.05, 4.69) is 18.3 Å². The maximum Gasteiger partial charge on any atom is 0.219 e. The zero-order valence-electron chi connectivity index (χ0n) is 10.4. The van der Waals surface area contributed by atoms with Gasteiger partial charge in [-0.05, 0) is 12.8 Å². The first-order chi connectivity index (χ1) is 7.81. The lowest BCUT2D eigenvalue weighted by atomic mass is 10.1. The van der Waals surface area contributed by atoms with Crippen molar-refractivity contribution < 1.29 is 4.79 Å². The molecular weight excluding hydrogens is 200 g/mol. The maximum absolute atomic E-state index is 11.3. The van der Waals surface area contributed by atoms with Crippen molar-refractivity contribution >= 4 is 5.91 Å². The van der Waals surface area contributed by atoms with Gasteiger partial charge in [-0.15, -0.1) is 0 Å². The van der Waals surface area contributed by atoms with Crippen molar-refractivity contribution in [1.29, 1.82) is 5.26 Å². The average Bonchev–Trinajstić information content (AvgIpc) is 2.29. The molecule has 0 atom stereocenters. The van der Waals surface area contributed by atoms with Crippen LogP contribution in [0.5, 0.6) is 0 Å². The molecule has 1 N–H and O–H groups in total. The number of nitrogens with one attached hydrogen (secondary N) is 1. The fraction of sp³-hybridized carbons (Fsp3) is 0.846. The Labute approximate surface area is 99.2 Å². The summed E-state index contributed by atoms with van der Waals surface area (Å²) in [5.41, 5.74) is 0. The van der Waals surface area contributed by atoms with E-state index in [1.807, 2.05) is 0 Å². The second-order valence-corrected chi connectivity index (χ2v) is 4.13. The molecule has 3 nitrogen and oxygen atoms in total. The molecule has 0 bridgehead atoms. The molecule has 0 radical (unpaired) electrons. The van der Waals surface area contributed by atoms with Crippen LogP contribution in [0.3, 0.4) is 0 Å². The number of hydrogen-bond acceptors (Lipinski definition) is 2. The summed E-state index contributed by atoms with van der Waals surface area (Å²) in [7, 11) is 0. The Morgan fingerprint density at radius 2 is 1.81 bits per heavy atom. The SMILES string of the molecule is CCCCCCCCC(=O)NCCCC#N. The molecule has 0 saturated heterocycles. The monoisotopic (exact) mass is 224 g/mol. The molecule has 0 aromatic carbocycles. The molecule has 0 heterocycles. The van der Waals surface area contributed by atoms with Crippen molar-refractivity contribution in [3.8, 4) is 6.07 Å². The number of carbonyl (C=O) groups excluding carboxylic acids is 1. The highest BCUT2D eigenvalue weighted by molar-refractivity contribution is 5.75.